The molecule has 0 bridgehead atoms. The van der Waals surface area contributed by atoms with Crippen molar-refractivity contribution in [1.29, 1.82) is 0 Å². The largest absolute Gasteiger partial charge is 0.504 e. The predicted molar refractivity (Wildman–Crippen MR) is 72.6 cm³/mol. The minimum absolute atomic E-state index is 0.0229. The molecule has 1 N–H and O–H groups in total. The molecular weight excluding hydrogens is 260 g/mol. The maximum atomic E-state index is 9.77. The number of phenols is 1. The summed E-state index contributed by atoms with van der Waals surface area (Å²) in [5.74, 6) is 1.22. The molecule has 2 aromatic rings. The molecule has 0 saturated carbocycles. The second-order valence-corrected chi connectivity index (χ2v) is 4.60. The third-order valence-electron chi connectivity index (χ3n) is 3.45. The van der Waals surface area contributed by atoms with Crippen LogP contribution < -0.4 is 4.74 Å². The molecule has 0 aliphatic carbocycles. The summed E-state index contributed by atoms with van der Waals surface area (Å²) in [5.41, 5.74) is 0.0348. The minimum Gasteiger partial charge on any atom is -0.504 e. The molecule has 1 heterocycles. The van der Waals surface area contributed by atoms with Gasteiger partial charge in [0.05, 0.1) is 7.11 Å². The molecule has 1 atom stereocenters. The summed E-state index contributed by atoms with van der Waals surface area (Å²) >= 11 is 0. The van der Waals surface area contributed by atoms with Gasteiger partial charge in [0.1, 0.15) is 5.60 Å². The van der Waals surface area contributed by atoms with Crippen molar-refractivity contribution >= 4 is 0 Å². The van der Waals surface area contributed by atoms with Gasteiger partial charge < -0.3 is 19.1 Å². The molecule has 0 spiro atoms. The third kappa shape index (κ3) is 2.46. The topological polar surface area (TPSA) is 77.6 Å². The fraction of sp³-hybridized carbons (Fsp3) is 0.429. The van der Waals surface area contributed by atoms with Gasteiger partial charge in [-0.15, -0.1) is 0 Å². The molecule has 1 unspecified atom stereocenters. The van der Waals surface area contributed by atoms with E-state index < -0.39 is 5.60 Å². The van der Waals surface area contributed by atoms with Crippen LogP contribution >= 0.6 is 0 Å². The Hall–Kier alpha value is -2.08. The zero-order chi connectivity index (χ0) is 14.8. The number of aromatic hydroxyl groups is 1. The maximum Gasteiger partial charge on any atom is 0.258 e. The summed E-state index contributed by atoms with van der Waals surface area (Å²) in [6.45, 7) is 3.88. The quantitative estimate of drug-likeness (QED) is 0.906. The molecule has 0 saturated heterocycles. The lowest BCUT2D eigenvalue weighted by Gasteiger charge is -2.21. The van der Waals surface area contributed by atoms with Crippen LogP contribution in [0.15, 0.2) is 22.7 Å². The van der Waals surface area contributed by atoms with E-state index in [1.165, 1.54) is 13.2 Å². The minimum atomic E-state index is -0.587. The zero-order valence-electron chi connectivity index (χ0n) is 12.0. The molecule has 0 amide bonds. The Bertz CT molecular complexity index is 591. The average molecular weight is 278 g/mol. The maximum absolute atomic E-state index is 9.77. The fourth-order valence-corrected chi connectivity index (χ4v) is 1.77. The first-order valence-corrected chi connectivity index (χ1v) is 6.30. The average Bonchev–Trinajstić information content (AvgIpc) is 2.96. The van der Waals surface area contributed by atoms with Gasteiger partial charge in [0.15, 0.2) is 11.5 Å². The van der Waals surface area contributed by atoms with E-state index in [0.29, 0.717) is 23.0 Å². The standard InChI is InChI=1S/C14H18N2O4/c1-5-14(2,19-4)13-15-12(20-16-13)9-6-7-11(18-3)10(17)8-9/h6-8,17H,5H2,1-4H3. The number of nitrogens with zero attached hydrogens (tertiary/aromatic N) is 2. The molecule has 108 valence electrons. The Morgan fingerprint density at radius 3 is 2.65 bits per heavy atom. The van der Waals surface area contributed by atoms with Gasteiger partial charge in [-0.3, -0.25) is 0 Å². The van der Waals surface area contributed by atoms with Crippen molar-refractivity contribution in [2.75, 3.05) is 14.2 Å². The van der Waals surface area contributed by atoms with Gasteiger partial charge >= 0.3 is 0 Å². The van der Waals surface area contributed by atoms with Crippen molar-refractivity contribution in [2.45, 2.75) is 25.9 Å². The predicted octanol–water partition coefficient (Wildman–Crippen LogP) is 2.72. The number of phenolic OH excluding ortho intramolecular Hbond substituents is 1. The van der Waals surface area contributed by atoms with Crippen LogP contribution in [0.2, 0.25) is 0 Å². The van der Waals surface area contributed by atoms with Gasteiger partial charge in [0, 0.05) is 12.7 Å². The Morgan fingerprint density at radius 1 is 1.35 bits per heavy atom. The Balaban J connectivity index is 2.36. The van der Waals surface area contributed by atoms with Crippen molar-refractivity contribution < 1.29 is 19.1 Å². The van der Waals surface area contributed by atoms with Crippen molar-refractivity contribution in [3.8, 4) is 23.0 Å². The normalized spacial score (nSPS) is 14.0. The first-order chi connectivity index (χ1) is 9.54. The molecule has 6 heteroatoms. The molecule has 0 fully saturated rings. The molecule has 6 nitrogen and oxygen atoms in total. The lowest BCUT2D eigenvalue weighted by molar-refractivity contribution is -0.0106. The van der Waals surface area contributed by atoms with E-state index in [0.717, 1.165) is 6.42 Å². The van der Waals surface area contributed by atoms with Gasteiger partial charge in [-0.25, -0.2) is 0 Å². The van der Waals surface area contributed by atoms with E-state index in [1.54, 1.807) is 19.2 Å². The molecule has 1 aromatic carbocycles. The first kappa shape index (κ1) is 14.3. The molecule has 20 heavy (non-hydrogen) atoms. The highest BCUT2D eigenvalue weighted by Gasteiger charge is 2.30. The summed E-state index contributed by atoms with van der Waals surface area (Å²) in [7, 11) is 3.10. The number of hydrogen-bond donors (Lipinski definition) is 1. The lowest BCUT2D eigenvalue weighted by Crippen LogP contribution is -2.24. The van der Waals surface area contributed by atoms with Gasteiger partial charge in [-0.2, -0.15) is 4.98 Å². The van der Waals surface area contributed by atoms with Crippen LogP contribution in [0, 0.1) is 0 Å². The number of hydrogen-bond acceptors (Lipinski definition) is 6. The Morgan fingerprint density at radius 2 is 2.10 bits per heavy atom. The monoisotopic (exact) mass is 278 g/mol. The van der Waals surface area contributed by atoms with Gasteiger partial charge in [-0.1, -0.05) is 12.1 Å². The van der Waals surface area contributed by atoms with E-state index in [9.17, 15) is 5.11 Å². The van der Waals surface area contributed by atoms with Crippen LogP contribution in [0.5, 0.6) is 11.5 Å². The third-order valence-corrected chi connectivity index (χ3v) is 3.45. The van der Waals surface area contributed by atoms with E-state index in [-0.39, 0.29) is 5.75 Å². The highest BCUT2D eigenvalue weighted by Crippen LogP contribution is 2.32. The smallest absolute Gasteiger partial charge is 0.258 e. The van der Waals surface area contributed by atoms with Crippen LogP contribution in [-0.4, -0.2) is 29.5 Å². The van der Waals surface area contributed by atoms with Gasteiger partial charge in [0.2, 0.25) is 5.82 Å². The van der Waals surface area contributed by atoms with Gasteiger partial charge in [0.25, 0.3) is 5.89 Å². The van der Waals surface area contributed by atoms with Crippen molar-refractivity contribution in [3.05, 3.63) is 24.0 Å². The number of methoxy groups -OCH3 is 2. The highest BCUT2D eigenvalue weighted by molar-refractivity contribution is 5.59. The zero-order valence-corrected chi connectivity index (χ0v) is 12.0. The summed E-state index contributed by atoms with van der Waals surface area (Å²) in [5, 5.41) is 13.7. The van der Waals surface area contributed by atoms with E-state index in [4.69, 9.17) is 14.0 Å². The molecule has 0 aliphatic rings. The van der Waals surface area contributed by atoms with Crippen molar-refractivity contribution in [1.82, 2.24) is 10.1 Å². The van der Waals surface area contributed by atoms with Gasteiger partial charge in [-0.05, 0) is 31.5 Å². The second kappa shape index (κ2) is 5.50. The van der Waals surface area contributed by atoms with Crippen molar-refractivity contribution in [3.63, 3.8) is 0 Å². The lowest BCUT2D eigenvalue weighted by atomic mass is 10.0. The van der Waals surface area contributed by atoms with E-state index in [1.807, 2.05) is 13.8 Å². The first-order valence-electron chi connectivity index (χ1n) is 6.30. The van der Waals surface area contributed by atoms with E-state index >= 15 is 0 Å². The molecule has 0 aliphatic heterocycles. The SMILES string of the molecule is CCC(C)(OC)c1noc(-c2ccc(OC)c(O)c2)n1. The summed E-state index contributed by atoms with van der Waals surface area (Å²) < 4.78 is 15.7. The molecule has 2 rings (SSSR count). The number of benzene rings is 1. The Kier molecular flexibility index (Phi) is 3.94. The van der Waals surface area contributed by atoms with Crippen LogP contribution in [0.3, 0.4) is 0 Å². The highest BCUT2D eigenvalue weighted by atomic mass is 16.5. The van der Waals surface area contributed by atoms with Crippen LogP contribution in [0.25, 0.3) is 11.5 Å². The molecular formula is C14H18N2O4. The van der Waals surface area contributed by atoms with E-state index in [2.05, 4.69) is 10.1 Å². The molecule has 0 radical (unpaired) electrons. The second-order valence-electron chi connectivity index (χ2n) is 4.60. The summed E-state index contributed by atoms with van der Waals surface area (Å²) in [6, 6.07) is 4.90. The summed E-state index contributed by atoms with van der Waals surface area (Å²) in [4.78, 5) is 4.34. The number of aromatic nitrogens is 2. The van der Waals surface area contributed by atoms with Crippen molar-refractivity contribution in [2.24, 2.45) is 0 Å². The Labute approximate surface area is 117 Å². The summed E-state index contributed by atoms with van der Waals surface area (Å²) in [6.07, 6.45) is 0.719. The number of rotatable bonds is 5. The van der Waals surface area contributed by atoms with Crippen LogP contribution in [0.1, 0.15) is 26.1 Å². The molecule has 1 aromatic heterocycles. The van der Waals surface area contributed by atoms with Crippen LogP contribution in [0.4, 0.5) is 0 Å². The number of ether oxygens (including phenoxy) is 2. The fourth-order valence-electron chi connectivity index (χ4n) is 1.77. The van der Waals surface area contributed by atoms with Crippen LogP contribution in [-0.2, 0) is 10.3 Å².